The molecule has 0 spiro atoms. The zero-order valence-corrected chi connectivity index (χ0v) is 9.02. The molecule has 0 atom stereocenters. The van der Waals surface area contributed by atoms with Gasteiger partial charge in [0, 0.05) is 26.7 Å². The van der Waals surface area contributed by atoms with Crippen molar-refractivity contribution in [2.45, 2.75) is 13.0 Å². The van der Waals surface area contributed by atoms with E-state index in [9.17, 15) is 4.79 Å². The van der Waals surface area contributed by atoms with E-state index >= 15 is 0 Å². The predicted octanol–water partition coefficient (Wildman–Crippen LogP) is 1.94. The Morgan fingerprint density at radius 1 is 1.20 bits per heavy atom. The lowest BCUT2D eigenvalue weighted by molar-refractivity contribution is 0.138. The minimum Gasteiger partial charge on any atom is -0.328 e. The molecule has 3 heteroatoms. The SMILES string of the molecule is CN1CCCN(Cc2ccccc2)C1=O. The molecule has 3 nitrogen and oxygen atoms in total. The van der Waals surface area contributed by atoms with Gasteiger partial charge in [-0.05, 0) is 12.0 Å². The minimum atomic E-state index is 0.144. The third kappa shape index (κ3) is 2.29. The third-order valence-corrected chi connectivity index (χ3v) is 2.73. The van der Waals surface area contributed by atoms with E-state index in [1.807, 2.05) is 30.1 Å². The number of benzene rings is 1. The van der Waals surface area contributed by atoms with Gasteiger partial charge in [-0.1, -0.05) is 30.3 Å². The first-order valence-corrected chi connectivity index (χ1v) is 5.31. The molecule has 0 N–H and O–H groups in total. The van der Waals surface area contributed by atoms with E-state index in [1.165, 1.54) is 5.56 Å². The van der Waals surface area contributed by atoms with E-state index in [0.717, 1.165) is 26.1 Å². The van der Waals surface area contributed by atoms with Crippen molar-refractivity contribution in [2.75, 3.05) is 20.1 Å². The van der Waals surface area contributed by atoms with Crippen LogP contribution in [-0.2, 0) is 6.54 Å². The van der Waals surface area contributed by atoms with Gasteiger partial charge >= 0.3 is 6.03 Å². The summed E-state index contributed by atoms with van der Waals surface area (Å²) in [6.07, 6.45) is 1.06. The normalized spacial score (nSPS) is 17.0. The van der Waals surface area contributed by atoms with Crippen molar-refractivity contribution < 1.29 is 4.79 Å². The van der Waals surface area contributed by atoms with Crippen molar-refractivity contribution in [2.24, 2.45) is 0 Å². The van der Waals surface area contributed by atoms with Gasteiger partial charge in [-0.15, -0.1) is 0 Å². The van der Waals surface area contributed by atoms with E-state index < -0.39 is 0 Å². The van der Waals surface area contributed by atoms with Gasteiger partial charge in [-0.3, -0.25) is 0 Å². The topological polar surface area (TPSA) is 23.6 Å². The van der Waals surface area contributed by atoms with Crippen LogP contribution in [-0.4, -0.2) is 36.0 Å². The summed E-state index contributed by atoms with van der Waals surface area (Å²) in [5.74, 6) is 0. The molecule has 0 radical (unpaired) electrons. The molecular weight excluding hydrogens is 188 g/mol. The largest absolute Gasteiger partial charge is 0.328 e. The van der Waals surface area contributed by atoms with Crippen LogP contribution in [0.3, 0.4) is 0 Å². The molecule has 0 bridgehead atoms. The number of carbonyl (C=O) groups excluding carboxylic acids is 1. The molecule has 1 aliphatic rings. The lowest BCUT2D eigenvalue weighted by atomic mass is 10.2. The Morgan fingerprint density at radius 3 is 2.67 bits per heavy atom. The number of hydrogen-bond acceptors (Lipinski definition) is 1. The number of amides is 2. The fourth-order valence-corrected chi connectivity index (χ4v) is 1.88. The molecular formula is C12H16N2O. The summed E-state index contributed by atoms with van der Waals surface area (Å²) in [4.78, 5) is 15.5. The van der Waals surface area contributed by atoms with Crippen molar-refractivity contribution in [3.05, 3.63) is 35.9 Å². The highest BCUT2D eigenvalue weighted by molar-refractivity contribution is 5.74. The molecule has 2 amide bonds. The second kappa shape index (κ2) is 4.34. The summed E-state index contributed by atoms with van der Waals surface area (Å²) < 4.78 is 0. The van der Waals surface area contributed by atoms with Gasteiger partial charge in [0.05, 0.1) is 0 Å². The Morgan fingerprint density at radius 2 is 1.93 bits per heavy atom. The lowest BCUT2D eigenvalue weighted by Crippen LogP contribution is -2.46. The Bertz CT molecular complexity index is 337. The number of nitrogens with zero attached hydrogens (tertiary/aromatic N) is 2. The molecule has 1 saturated heterocycles. The second-order valence-electron chi connectivity index (χ2n) is 3.96. The average molecular weight is 204 g/mol. The average Bonchev–Trinajstić information content (AvgIpc) is 2.26. The molecule has 80 valence electrons. The van der Waals surface area contributed by atoms with Crippen molar-refractivity contribution >= 4 is 6.03 Å². The highest BCUT2D eigenvalue weighted by Gasteiger charge is 2.22. The van der Waals surface area contributed by atoms with Gasteiger partial charge in [0.15, 0.2) is 0 Å². The smallest absolute Gasteiger partial charge is 0.320 e. The highest BCUT2D eigenvalue weighted by atomic mass is 16.2. The maximum atomic E-state index is 11.8. The van der Waals surface area contributed by atoms with Crippen molar-refractivity contribution in [1.29, 1.82) is 0 Å². The van der Waals surface area contributed by atoms with Gasteiger partial charge in [-0.2, -0.15) is 0 Å². The fraction of sp³-hybridized carbons (Fsp3) is 0.417. The second-order valence-corrected chi connectivity index (χ2v) is 3.96. The zero-order chi connectivity index (χ0) is 10.7. The molecule has 2 rings (SSSR count). The summed E-state index contributed by atoms with van der Waals surface area (Å²) in [5.41, 5.74) is 1.20. The molecule has 1 fully saturated rings. The Labute approximate surface area is 90.3 Å². The minimum absolute atomic E-state index is 0.144. The number of urea groups is 1. The Hall–Kier alpha value is -1.51. The molecule has 0 unspecified atom stereocenters. The molecule has 1 aromatic carbocycles. The Kier molecular flexibility index (Phi) is 2.90. The van der Waals surface area contributed by atoms with Crippen LogP contribution in [0, 0.1) is 0 Å². The van der Waals surface area contributed by atoms with Gasteiger partial charge in [0.25, 0.3) is 0 Å². The molecule has 15 heavy (non-hydrogen) atoms. The monoisotopic (exact) mass is 204 g/mol. The summed E-state index contributed by atoms with van der Waals surface area (Å²) >= 11 is 0. The molecule has 1 heterocycles. The fourth-order valence-electron chi connectivity index (χ4n) is 1.88. The third-order valence-electron chi connectivity index (χ3n) is 2.73. The van der Waals surface area contributed by atoms with Gasteiger partial charge < -0.3 is 9.80 Å². The van der Waals surface area contributed by atoms with Crippen LogP contribution >= 0.6 is 0 Å². The molecule has 0 aliphatic carbocycles. The maximum absolute atomic E-state index is 11.8. The molecule has 0 saturated carbocycles. The summed E-state index contributed by atoms with van der Waals surface area (Å²) in [5, 5.41) is 0. The summed E-state index contributed by atoms with van der Waals surface area (Å²) in [7, 11) is 1.86. The van der Waals surface area contributed by atoms with Crippen LogP contribution < -0.4 is 0 Å². The van der Waals surface area contributed by atoms with E-state index in [1.54, 1.807) is 4.90 Å². The van der Waals surface area contributed by atoms with Crippen LogP contribution in [0.5, 0.6) is 0 Å². The van der Waals surface area contributed by atoms with E-state index in [2.05, 4.69) is 12.1 Å². The maximum Gasteiger partial charge on any atom is 0.320 e. The van der Waals surface area contributed by atoms with E-state index in [4.69, 9.17) is 0 Å². The zero-order valence-electron chi connectivity index (χ0n) is 9.02. The van der Waals surface area contributed by atoms with Gasteiger partial charge in [-0.25, -0.2) is 4.79 Å². The first kappa shape index (κ1) is 10.0. The summed E-state index contributed by atoms with van der Waals surface area (Å²) in [6, 6.07) is 10.3. The first-order chi connectivity index (χ1) is 7.27. The van der Waals surface area contributed by atoms with Crippen molar-refractivity contribution in [3.63, 3.8) is 0 Å². The summed E-state index contributed by atoms with van der Waals surface area (Å²) in [6.45, 7) is 2.48. The standard InChI is InChI=1S/C12H16N2O/c1-13-8-5-9-14(12(13)15)10-11-6-3-2-4-7-11/h2-4,6-7H,5,8-10H2,1H3. The Balaban J connectivity index is 2.03. The van der Waals surface area contributed by atoms with Crippen molar-refractivity contribution in [3.8, 4) is 0 Å². The molecule has 1 aliphatic heterocycles. The number of hydrogen-bond donors (Lipinski definition) is 0. The molecule has 1 aromatic rings. The first-order valence-electron chi connectivity index (χ1n) is 5.31. The van der Waals surface area contributed by atoms with Crippen LogP contribution in [0.1, 0.15) is 12.0 Å². The van der Waals surface area contributed by atoms with E-state index in [0.29, 0.717) is 0 Å². The van der Waals surface area contributed by atoms with Crippen LogP contribution in [0.25, 0.3) is 0 Å². The molecule has 0 aromatic heterocycles. The van der Waals surface area contributed by atoms with Crippen LogP contribution in [0.4, 0.5) is 4.79 Å². The number of carbonyl (C=O) groups is 1. The predicted molar refractivity (Wildman–Crippen MR) is 59.5 cm³/mol. The van der Waals surface area contributed by atoms with Gasteiger partial charge in [0.2, 0.25) is 0 Å². The lowest BCUT2D eigenvalue weighted by Gasteiger charge is -2.33. The number of rotatable bonds is 2. The van der Waals surface area contributed by atoms with Crippen molar-refractivity contribution in [1.82, 2.24) is 9.80 Å². The van der Waals surface area contributed by atoms with E-state index in [-0.39, 0.29) is 6.03 Å². The van der Waals surface area contributed by atoms with Gasteiger partial charge in [0.1, 0.15) is 0 Å². The van der Waals surface area contributed by atoms with Crippen LogP contribution in [0.2, 0.25) is 0 Å². The van der Waals surface area contributed by atoms with Crippen LogP contribution in [0.15, 0.2) is 30.3 Å². The highest BCUT2D eigenvalue weighted by Crippen LogP contribution is 2.11. The quantitative estimate of drug-likeness (QED) is 0.722.